The maximum absolute atomic E-state index is 13.4. The van der Waals surface area contributed by atoms with Crippen molar-refractivity contribution in [3.05, 3.63) is 42.0 Å². The topological polar surface area (TPSA) is 132 Å². The van der Waals surface area contributed by atoms with Gasteiger partial charge in [-0.2, -0.15) is 18.3 Å². The molecular weight excluding hydrogens is 473 g/mol. The number of alkyl halides is 3. The number of piperidine rings is 1. The molecule has 3 aromatic heterocycles. The molecule has 10 nitrogen and oxygen atoms in total. The summed E-state index contributed by atoms with van der Waals surface area (Å²) >= 11 is 0. The van der Waals surface area contributed by atoms with Gasteiger partial charge in [-0.25, -0.2) is 32.4 Å². The van der Waals surface area contributed by atoms with Crippen LogP contribution in [0, 0.1) is 6.92 Å². The van der Waals surface area contributed by atoms with Crippen molar-refractivity contribution in [2.75, 3.05) is 30.4 Å². The first kappa shape index (κ1) is 23.9. The van der Waals surface area contributed by atoms with Crippen molar-refractivity contribution in [3.63, 3.8) is 0 Å². The van der Waals surface area contributed by atoms with Crippen LogP contribution in [-0.2, 0) is 16.2 Å². The van der Waals surface area contributed by atoms with Crippen LogP contribution in [0.4, 0.5) is 24.9 Å². The van der Waals surface area contributed by atoms with E-state index in [9.17, 15) is 21.6 Å². The van der Waals surface area contributed by atoms with Gasteiger partial charge in [0.05, 0.1) is 29.4 Å². The predicted octanol–water partition coefficient (Wildman–Crippen LogP) is 2.47. The average molecular weight is 497 g/mol. The van der Waals surface area contributed by atoms with Crippen LogP contribution < -0.4 is 11.1 Å². The minimum Gasteiger partial charge on any atom is -0.384 e. The molecule has 4 rings (SSSR count). The van der Waals surface area contributed by atoms with Crippen LogP contribution in [0.25, 0.3) is 16.9 Å². The van der Waals surface area contributed by atoms with E-state index in [2.05, 4.69) is 25.4 Å². The van der Waals surface area contributed by atoms with Crippen molar-refractivity contribution < 1.29 is 21.6 Å². The fraction of sp³-hybridized carbons (Fsp3) is 0.400. The number of anilines is 2. The van der Waals surface area contributed by atoms with Crippen LogP contribution in [-0.4, -0.2) is 62.8 Å². The summed E-state index contributed by atoms with van der Waals surface area (Å²) in [6.45, 7) is 2.59. The zero-order valence-corrected chi connectivity index (χ0v) is 19.2. The molecule has 0 aliphatic carbocycles. The third kappa shape index (κ3) is 5.12. The Kier molecular flexibility index (Phi) is 6.20. The summed E-state index contributed by atoms with van der Waals surface area (Å²) < 4.78 is 66.2. The summed E-state index contributed by atoms with van der Waals surface area (Å²) in [5.41, 5.74) is 6.12. The maximum atomic E-state index is 13.4. The highest BCUT2D eigenvalue weighted by Crippen LogP contribution is 2.34. The van der Waals surface area contributed by atoms with Crippen LogP contribution in [0.1, 0.15) is 24.0 Å². The van der Waals surface area contributed by atoms with Crippen LogP contribution >= 0.6 is 0 Å². The van der Waals surface area contributed by atoms with E-state index < -0.39 is 21.8 Å². The zero-order valence-electron chi connectivity index (χ0n) is 18.4. The summed E-state index contributed by atoms with van der Waals surface area (Å²) in [6.07, 6.45) is 2.90. The molecule has 3 aromatic rings. The van der Waals surface area contributed by atoms with Crippen LogP contribution in [0.15, 0.2) is 30.9 Å². The number of nitrogens with two attached hydrogens (primary N) is 1. The van der Waals surface area contributed by atoms with Crippen LogP contribution in [0.2, 0.25) is 0 Å². The number of nitrogens with zero attached hydrogens (tertiary/aromatic N) is 6. The zero-order chi connectivity index (χ0) is 24.7. The molecule has 1 fully saturated rings. The van der Waals surface area contributed by atoms with Crippen molar-refractivity contribution in [3.8, 4) is 16.9 Å². The number of nitrogen functional groups attached to an aromatic ring is 1. The van der Waals surface area contributed by atoms with Gasteiger partial charge in [0.25, 0.3) is 0 Å². The number of nitrogens with one attached hydrogen (secondary N) is 1. The van der Waals surface area contributed by atoms with E-state index in [4.69, 9.17) is 5.73 Å². The van der Waals surface area contributed by atoms with Gasteiger partial charge in [-0.3, -0.25) is 0 Å². The molecule has 0 saturated carbocycles. The number of aryl methyl sites for hydroxylation is 1. The molecule has 0 radical (unpaired) electrons. The molecule has 0 spiro atoms. The summed E-state index contributed by atoms with van der Waals surface area (Å²) in [4.78, 5) is 12.4. The monoisotopic (exact) mass is 496 g/mol. The van der Waals surface area contributed by atoms with Gasteiger partial charge in [-0.05, 0) is 25.3 Å². The van der Waals surface area contributed by atoms with Gasteiger partial charge < -0.3 is 11.1 Å². The van der Waals surface area contributed by atoms with Gasteiger partial charge in [0.1, 0.15) is 5.82 Å². The SMILES string of the molecule is Cc1cnc(NC2CCN(S(C)(=O)=O)CC2)nc1-c1cnn(-c2cc(N)ncc2C(F)(F)F)c1. The highest BCUT2D eigenvalue weighted by Gasteiger charge is 2.35. The number of hydrogen-bond acceptors (Lipinski definition) is 8. The molecule has 34 heavy (non-hydrogen) atoms. The second-order valence-electron chi connectivity index (χ2n) is 8.10. The maximum Gasteiger partial charge on any atom is 0.419 e. The number of sulfonamides is 1. The minimum absolute atomic E-state index is 0.00887. The number of hydrogen-bond donors (Lipinski definition) is 2. The third-order valence-electron chi connectivity index (χ3n) is 5.54. The second kappa shape index (κ2) is 8.83. The van der Waals surface area contributed by atoms with Crippen molar-refractivity contribution >= 4 is 21.8 Å². The van der Waals surface area contributed by atoms with Gasteiger partial charge in [-0.15, -0.1) is 0 Å². The van der Waals surface area contributed by atoms with Crippen molar-refractivity contribution in [2.24, 2.45) is 0 Å². The van der Waals surface area contributed by atoms with Crippen molar-refractivity contribution in [1.82, 2.24) is 29.0 Å². The summed E-state index contributed by atoms with van der Waals surface area (Å²) in [5.74, 6) is 0.280. The molecule has 14 heteroatoms. The van der Waals surface area contributed by atoms with Gasteiger partial charge in [0.2, 0.25) is 16.0 Å². The number of aromatic nitrogens is 5. The molecular formula is C20H23F3N8O2S. The molecule has 1 saturated heterocycles. The lowest BCUT2D eigenvalue weighted by atomic mass is 10.1. The van der Waals surface area contributed by atoms with Gasteiger partial charge in [0, 0.05) is 49.4 Å². The standard InChI is InChI=1S/C20H23F3N8O2S/c1-12-8-26-19(28-14-3-5-30(6-4-14)34(2,32)33)29-18(12)13-9-27-31(11-13)16-7-17(24)25-10-15(16)20(21,22)23/h7-11,14H,3-6H2,1-2H3,(H2,24,25)(H,26,28,29). The first-order valence-electron chi connectivity index (χ1n) is 10.4. The molecule has 1 aliphatic heterocycles. The predicted molar refractivity (Wildman–Crippen MR) is 120 cm³/mol. The molecule has 3 N–H and O–H groups in total. The Bertz CT molecular complexity index is 1300. The Morgan fingerprint density at radius 2 is 1.85 bits per heavy atom. The Balaban J connectivity index is 1.57. The molecule has 182 valence electrons. The quantitative estimate of drug-likeness (QED) is 0.551. The van der Waals surface area contributed by atoms with Crippen LogP contribution in [0.3, 0.4) is 0 Å². The fourth-order valence-corrected chi connectivity index (χ4v) is 4.64. The number of pyridine rings is 1. The van der Waals surface area contributed by atoms with E-state index in [0.717, 1.165) is 10.7 Å². The molecule has 0 aromatic carbocycles. The summed E-state index contributed by atoms with van der Waals surface area (Å²) in [5, 5.41) is 7.31. The first-order valence-corrected chi connectivity index (χ1v) is 12.2. The van der Waals surface area contributed by atoms with E-state index >= 15 is 0 Å². The molecule has 0 bridgehead atoms. The fourth-order valence-electron chi connectivity index (χ4n) is 3.76. The summed E-state index contributed by atoms with van der Waals surface area (Å²) in [6, 6.07) is 1.10. The molecule has 0 amide bonds. The lowest BCUT2D eigenvalue weighted by molar-refractivity contribution is -0.137. The third-order valence-corrected chi connectivity index (χ3v) is 6.84. The first-order chi connectivity index (χ1) is 15.9. The van der Waals surface area contributed by atoms with E-state index in [-0.39, 0.29) is 17.5 Å². The van der Waals surface area contributed by atoms with E-state index in [1.54, 1.807) is 13.1 Å². The molecule has 0 atom stereocenters. The lowest BCUT2D eigenvalue weighted by Crippen LogP contribution is -2.42. The molecule has 4 heterocycles. The van der Waals surface area contributed by atoms with Crippen molar-refractivity contribution in [1.29, 1.82) is 0 Å². The molecule has 1 aliphatic rings. The van der Waals surface area contributed by atoms with Crippen LogP contribution in [0.5, 0.6) is 0 Å². The van der Waals surface area contributed by atoms with E-state index in [1.807, 2.05) is 0 Å². The van der Waals surface area contributed by atoms with E-state index in [1.165, 1.54) is 23.0 Å². The minimum atomic E-state index is -4.63. The largest absolute Gasteiger partial charge is 0.419 e. The smallest absolute Gasteiger partial charge is 0.384 e. The molecule has 0 unspecified atom stereocenters. The van der Waals surface area contributed by atoms with Gasteiger partial charge in [-0.1, -0.05) is 0 Å². The summed E-state index contributed by atoms with van der Waals surface area (Å²) in [7, 11) is -3.22. The number of rotatable bonds is 5. The Morgan fingerprint density at radius 3 is 2.50 bits per heavy atom. The number of halogens is 3. The lowest BCUT2D eigenvalue weighted by Gasteiger charge is -2.30. The Morgan fingerprint density at radius 1 is 1.15 bits per heavy atom. The highest BCUT2D eigenvalue weighted by molar-refractivity contribution is 7.88. The average Bonchev–Trinajstić information content (AvgIpc) is 3.24. The van der Waals surface area contributed by atoms with E-state index in [0.29, 0.717) is 54.9 Å². The Hall–Kier alpha value is -3.26. The van der Waals surface area contributed by atoms with Crippen molar-refractivity contribution in [2.45, 2.75) is 32.0 Å². The second-order valence-corrected chi connectivity index (χ2v) is 10.1. The highest BCUT2D eigenvalue weighted by atomic mass is 32.2. The normalized spacial score (nSPS) is 16.0. The van der Waals surface area contributed by atoms with Gasteiger partial charge in [0.15, 0.2) is 0 Å². The van der Waals surface area contributed by atoms with Gasteiger partial charge >= 0.3 is 6.18 Å². The Labute approximate surface area is 194 Å².